The van der Waals surface area contributed by atoms with Crippen molar-refractivity contribution in [3.8, 4) is 17.2 Å². The van der Waals surface area contributed by atoms with E-state index in [0.29, 0.717) is 27.8 Å². The van der Waals surface area contributed by atoms with Crippen LogP contribution in [-0.4, -0.2) is 18.0 Å². The number of ether oxygens (including phenoxy) is 2. The number of aliphatic hydroxyl groups is 1. The van der Waals surface area contributed by atoms with Gasteiger partial charge in [0.05, 0.1) is 18.7 Å². The minimum Gasteiger partial charge on any atom is -0.493 e. The van der Waals surface area contributed by atoms with Crippen LogP contribution in [0.15, 0.2) is 36.4 Å². The third-order valence-corrected chi connectivity index (χ3v) is 3.27. The number of halogens is 1. The molecule has 0 saturated heterocycles. The van der Waals surface area contributed by atoms with E-state index in [-0.39, 0.29) is 12.4 Å². The minimum atomic E-state index is -0.101. The van der Waals surface area contributed by atoms with Gasteiger partial charge in [0.25, 0.3) is 0 Å². The maximum atomic E-state index is 11.3. The van der Waals surface area contributed by atoms with E-state index in [1.54, 1.807) is 36.4 Å². The molecule has 1 N–H and O–H groups in total. The number of methoxy groups -OCH3 is 1. The van der Waals surface area contributed by atoms with Crippen molar-refractivity contribution < 1.29 is 19.4 Å². The lowest BCUT2D eigenvalue weighted by Gasteiger charge is -2.12. The van der Waals surface area contributed by atoms with Gasteiger partial charge in [-0.15, -0.1) is 0 Å². The van der Waals surface area contributed by atoms with Crippen LogP contribution in [0.5, 0.6) is 17.2 Å². The Kier molecular flexibility index (Phi) is 4.83. The molecule has 4 nitrogen and oxygen atoms in total. The van der Waals surface area contributed by atoms with Gasteiger partial charge in [-0.2, -0.15) is 0 Å². The number of rotatable bonds is 5. The fourth-order valence-electron chi connectivity index (χ4n) is 1.87. The second kappa shape index (κ2) is 6.61. The van der Waals surface area contributed by atoms with E-state index in [1.807, 2.05) is 0 Å². The van der Waals surface area contributed by atoms with Gasteiger partial charge in [0.15, 0.2) is 17.3 Å². The van der Waals surface area contributed by atoms with Gasteiger partial charge >= 0.3 is 0 Å². The van der Waals surface area contributed by atoms with Gasteiger partial charge in [-0.1, -0.05) is 17.7 Å². The van der Waals surface area contributed by atoms with Crippen LogP contribution in [0.1, 0.15) is 22.8 Å². The number of Topliss-reactive ketones (excluding diaryl/α,β-unsaturated/α-hetero) is 1. The molecule has 0 aliphatic rings. The molecule has 0 heterocycles. The third kappa shape index (κ3) is 3.54. The van der Waals surface area contributed by atoms with Crippen molar-refractivity contribution >= 4 is 17.4 Å². The zero-order valence-corrected chi connectivity index (χ0v) is 12.5. The van der Waals surface area contributed by atoms with E-state index in [1.165, 1.54) is 14.0 Å². The largest absolute Gasteiger partial charge is 0.493 e. The Morgan fingerprint density at radius 3 is 2.52 bits per heavy atom. The molecule has 0 saturated carbocycles. The third-order valence-electron chi connectivity index (χ3n) is 2.96. The number of hydrogen-bond donors (Lipinski definition) is 1. The van der Waals surface area contributed by atoms with E-state index in [4.69, 9.17) is 26.2 Å². The van der Waals surface area contributed by atoms with Crippen LogP contribution in [-0.2, 0) is 6.61 Å². The van der Waals surface area contributed by atoms with Crippen molar-refractivity contribution in [2.45, 2.75) is 13.5 Å². The van der Waals surface area contributed by atoms with Crippen LogP contribution in [0.4, 0.5) is 0 Å². The lowest BCUT2D eigenvalue weighted by Crippen LogP contribution is -1.95. The van der Waals surface area contributed by atoms with Crippen molar-refractivity contribution in [3.63, 3.8) is 0 Å². The Labute approximate surface area is 127 Å². The Morgan fingerprint density at radius 1 is 1.19 bits per heavy atom. The van der Waals surface area contributed by atoms with Crippen LogP contribution in [0, 0.1) is 0 Å². The van der Waals surface area contributed by atoms with E-state index >= 15 is 0 Å². The van der Waals surface area contributed by atoms with E-state index < -0.39 is 0 Å². The summed E-state index contributed by atoms with van der Waals surface area (Å²) in [4.78, 5) is 11.3. The van der Waals surface area contributed by atoms with Gasteiger partial charge in [0.2, 0.25) is 0 Å². The average molecular weight is 307 g/mol. The Morgan fingerprint density at radius 2 is 1.95 bits per heavy atom. The lowest BCUT2D eigenvalue weighted by molar-refractivity contribution is 0.101. The lowest BCUT2D eigenvalue weighted by atomic mass is 10.1. The summed E-state index contributed by atoms with van der Waals surface area (Å²) in [5.74, 6) is 1.41. The van der Waals surface area contributed by atoms with E-state index in [9.17, 15) is 4.79 Å². The van der Waals surface area contributed by atoms with E-state index in [0.717, 1.165) is 5.56 Å². The molecule has 0 aliphatic heterocycles. The second-order valence-corrected chi connectivity index (χ2v) is 4.85. The zero-order valence-electron chi connectivity index (χ0n) is 11.7. The topological polar surface area (TPSA) is 55.8 Å². The molecule has 0 aliphatic carbocycles. The SMILES string of the molecule is COc1cc(CO)ccc1Oc1ccc(C(C)=O)c(Cl)c1. The fraction of sp³-hybridized carbons (Fsp3) is 0.188. The molecule has 0 radical (unpaired) electrons. The van der Waals surface area contributed by atoms with Gasteiger partial charge < -0.3 is 14.6 Å². The molecular formula is C16H15ClO4. The van der Waals surface area contributed by atoms with Gasteiger partial charge in [0, 0.05) is 11.6 Å². The van der Waals surface area contributed by atoms with Gasteiger partial charge in [-0.3, -0.25) is 4.79 Å². The van der Waals surface area contributed by atoms with Crippen LogP contribution < -0.4 is 9.47 Å². The van der Waals surface area contributed by atoms with Crippen molar-refractivity contribution in [2.75, 3.05) is 7.11 Å². The molecule has 0 amide bonds. The Balaban J connectivity index is 2.30. The maximum absolute atomic E-state index is 11.3. The maximum Gasteiger partial charge on any atom is 0.169 e. The second-order valence-electron chi connectivity index (χ2n) is 4.44. The first-order valence-corrected chi connectivity index (χ1v) is 6.69. The quantitative estimate of drug-likeness (QED) is 0.853. The molecular weight excluding hydrogens is 292 g/mol. The van der Waals surface area contributed by atoms with Crippen LogP contribution in [0.25, 0.3) is 0 Å². The number of ketones is 1. The zero-order chi connectivity index (χ0) is 15.4. The summed E-state index contributed by atoms with van der Waals surface area (Å²) in [6.45, 7) is 1.38. The first-order chi connectivity index (χ1) is 10.0. The summed E-state index contributed by atoms with van der Waals surface area (Å²) in [5, 5.41) is 9.45. The molecule has 5 heteroatoms. The highest BCUT2D eigenvalue weighted by atomic mass is 35.5. The molecule has 2 aromatic carbocycles. The molecule has 0 fully saturated rings. The van der Waals surface area contributed by atoms with Crippen LogP contribution >= 0.6 is 11.6 Å². The molecule has 2 aromatic rings. The average Bonchev–Trinajstić information content (AvgIpc) is 2.47. The molecule has 0 unspecified atom stereocenters. The summed E-state index contributed by atoms with van der Waals surface area (Å²) in [6, 6.07) is 10.0. The summed E-state index contributed by atoms with van der Waals surface area (Å²) < 4.78 is 10.9. The summed E-state index contributed by atoms with van der Waals surface area (Å²) in [5.41, 5.74) is 1.18. The van der Waals surface area contributed by atoms with Gasteiger partial charge in [-0.25, -0.2) is 0 Å². The molecule has 110 valence electrons. The first-order valence-electron chi connectivity index (χ1n) is 6.31. The van der Waals surface area contributed by atoms with Crippen LogP contribution in [0.3, 0.4) is 0 Å². The molecule has 0 spiro atoms. The molecule has 0 atom stereocenters. The summed E-state index contributed by atoms with van der Waals surface area (Å²) >= 11 is 6.05. The van der Waals surface area contributed by atoms with Gasteiger partial charge in [0.1, 0.15) is 5.75 Å². The number of benzene rings is 2. The minimum absolute atomic E-state index is 0.0736. The van der Waals surface area contributed by atoms with Crippen molar-refractivity contribution in [1.29, 1.82) is 0 Å². The van der Waals surface area contributed by atoms with Crippen molar-refractivity contribution in [2.24, 2.45) is 0 Å². The standard InChI is InChI=1S/C16H15ClO4/c1-10(19)13-5-4-12(8-14(13)17)21-15-6-3-11(9-18)7-16(15)20-2/h3-8,18H,9H2,1-2H3. The van der Waals surface area contributed by atoms with Crippen molar-refractivity contribution in [3.05, 3.63) is 52.5 Å². The summed E-state index contributed by atoms with van der Waals surface area (Å²) in [7, 11) is 1.52. The molecule has 21 heavy (non-hydrogen) atoms. The first kappa shape index (κ1) is 15.4. The predicted molar refractivity (Wildman–Crippen MR) is 80.4 cm³/mol. The van der Waals surface area contributed by atoms with Crippen LogP contribution in [0.2, 0.25) is 5.02 Å². The predicted octanol–water partition coefficient (Wildman–Crippen LogP) is 3.84. The Hall–Kier alpha value is -2.04. The molecule has 0 aromatic heterocycles. The summed E-state index contributed by atoms with van der Waals surface area (Å²) in [6.07, 6.45) is 0. The number of aliphatic hydroxyl groups excluding tert-OH is 1. The molecule has 0 bridgehead atoms. The number of carbonyl (C=O) groups excluding carboxylic acids is 1. The Bertz CT molecular complexity index is 667. The molecule has 2 rings (SSSR count). The van der Waals surface area contributed by atoms with Crippen molar-refractivity contribution in [1.82, 2.24) is 0 Å². The normalized spacial score (nSPS) is 10.3. The highest BCUT2D eigenvalue weighted by molar-refractivity contribution is 6.34. The highest BCUT2D eigenvalue weighted by Gasteiger charge is 2.10. The van der Waals surface area contributed by atoms with Gasteiger partial charge in [-0.05, 0) is 36.8 Å². The monoisotopic (exact) mass is 306 g/mol. The highest BCUT2D eigenvalue weighted by Crippen LogP contribution is 2.34. The van der Waals surface area contributed by atoms with E-state index in [2.05, 4.69) is 0 Å². The fourth-order valence-corrected chi connectivity index (χ4v) is 2.17. The number of hydrogen-bond acceptors (Lipinski definition) is 4. The smallest absolute Gasteiger partial charge is 0.169 e. The number of carbonyl (C=O) groups is 1.